The van der Waals surface area contributed by atoms with Crippen LogP contribution in [0.15, 0.2) is 42.5 Å². The van der Waals surface area contributed by atoms with Gasteiger partial charge in [0.1, 0.15) is 5.82 Å². The van der Waals surface area contributed by atoms with Gasteiger partial charge in [-0.1, -0.05) is 23.7 Å². The van der Waals surface area contributed by atoms with Gasteiger partial charge in [0.2, 0.25) is 0 Å². The zero-order valence-electron chi connectivity index (χ0n) is 10.6. The highest BCUT2D eigenvalue weighted by Gasteiger charge is 2.02. The summed E-state index contributed by atoms with van der Waals surface area (Å²) in [6.45, 7) is 2.72. The summed E-state index contributed by atoms with van der Waals surface area (Å²) in [6, 6.07) is 13.9. The predicted molar refractivity (Wildman–Crippen MR) is 79.6 cm³/mol. The molecule has 0 saturated carbocycles. The first-order chi connectivity index (χ1) is 9.20. The van der Waals surface area contributed by atoms with Crippen molar-refractivity contribution in [1.29, 1.82) is 0 Å². The van der Waals surface area contributed by atoms with Crippen molar-refractivity contribution in [2.24, 2.45) is 0 Å². The van der Waals surface area contributed by atoms with Crippen LogP contribution < -0.4 is 5.32 Å². The number of anilines is 1. The quantitative estimate of drug-likeness (QED) is 0.752. The van der Waals surface area contributed by atoms with Gasteiger partial charge in [0, 0.05) is 10.7 Å². The maximum Gasteiger partial charge on any atom is 0.126 e. The molecule has 2 N–H and O–H groups in total. The van der Waals surface area contributed by atoms with Crippen molar-refractivity contribution in [3.05, 3.63) is 58.9 Å². The van der Waals surface area contributed by atoms with Crippen LogP contribution in [0, 0.1) is 6.92 Å². The smallest absolute Gasteiger partial charge is 0.126 e. The van der Waals surface area contributed by atoms with Crippen LogP contribution in [-0.4, -0.2) is 9.97 Å². The van der Waals surface area contributed by atoms with Crippen LogP contribution in [0.5, 0.6) is 0 Å². The van der Waals surface area contributed by atoms with E-state index in [1.54, 1.807) is 0 Å². The molecule has 0 aliphatic rings. The molecule has 96 valence electrons. The van der Waals surface area contributed by atoms with Crippen LogP contribution >= 0.6 is 11.6 Å². The molecule has 4 heteroatoms. The summed E-state index contributed by atoms with van der Waals surface area (Å²) in [5.41, 5.74) is 4.28. The van der Waals surface area contributed by atoms with E-state index in [9.17, 15) is 0 Å². The Hall–Kier alpha value is -2.00. The molecule has 1 aromatic heterocycles. The summed E-state index contributed by atoms with van der Waals surface area (Å²) >= 11 is 5.94. The topological polar surface area (TPSA) is 40.7 Å². The van der Waals surface area contributed by atoms with Crippen molar-refractivity contribution < 1.29 is 0 Å². The van der Waals surface area contributed by atoms with Crippen molar-refractivity contribution >= 4 is 28.3 Å². The van der Waals surface area contributed by atoms with Gasteiger partial charge >= 0.3 is 0 Å². The molecule has 0 aliphatic carbocycles. The highest BCUT2D eigenvalue weighted by molar-refractivity contribution is 6.30. The molecule has 3 rings (SSSR count). The van der Waals surface area contributed by atoms with E-state index in [1.165, 1.54) is 5.56 Å². The van der Waals surface area contributed by atoms with Gasteiger partial charge in [-0.05, 0) is 42.8 Å². The number of imidazole rings is 1. The third-order valence-corrected chi connectivity index (χ3v) is 3.21. The number of aromatic amines is 1. The zero-order chi connectivity index (χ0) is 13.2. The Labute approximate surface area is 116 Å². The molecule has 1 heterocycles. The van der Waals surface area contributed by atoms with Gasteiger partial charge in [0.05, 0.1) is 17.6 Å². The van der Waals surface area contributed by atoms with E-state index in [1.807, 2.05) is 30.3 Å². The second-order valence-electron chi connectivity index (χ2n) is 4.57. The fraction of sp³-hybridized carbons (Fsp3) is 0.133. The third kappa shape index (κ3) is 2.71. The number of hydrogen-bond donors (Lipinski definition) is 2. The Bertz CT molecular complexity index is 718. The van der Waals surface area contributed by atoms with Crippen molar-refractivity contribution in [1.82, 2.24) is 9.97 Å². The van der Waals surface area contributed by atoms with E-state index in [4.69, 9.17) is 11.6 Å². The number of H-pyrrole nitrogens is 1. The summed E-state index contributed by atoms with van der Waals surface area (Å²) in [7, 11) is 0. The molecule has 0 amide bonds. The standard InChI is InChI=1S/C15H14ClN3/c1-10-5-6-13-14(7-10)19-15(18-13)9-17-12-4-2-3-11(16)8-12/h2-8,17H,9H2,1H3,(H,18,19). The average molecular weight is 272 g/mol. The number of rotatable bonds is 3. The van der Waals surface area contributed by atoms with Crippen LogP contribution in [0.2, 0.25) is 5.02 Å². The maximum atomic E-state index is 5.94. The van der Waals surface area contributed by atoms with E-state index in [0.29, 0.717) is 6.54 Å². The fourth-order valence-electron chi connectivity index (χ4n) is 2.04. The van der Waals surface area contributed by atoms with Crippen LogP contribution in [-0.2, 0) is 6.54 Å². The van der Waals surface area contributed by atoms with Gasteiger partial charge in [0.25, 0.3) is 0 Å². The lowest BCUT2D eigenvalue weighted by molar-refractivity contribution is 1.01. The molecular formula is C15H14ClN3. The van der Waals surface area contributed by atoms with Crippen molar-refractivity contribution in [3.63, 3.8) is 0 Å². The van der Waals surface area contributed by atoms with E-state index in [-0.39, 0.29) is 0 Å². The molecule has 0 bridgehead atoms. The van der Waals surface area contributed by atoms with Gasteiger partial charge in [0.15, 0.2) is 0 Å². The lowest BCUT2D eigenvalue weighted by Crippen LogP contribution is -2.00. The fourth-order valence-corrected chi connectivity index (χ4v) is 2.23. The number of halogens is 1. The highest BCUT2D eigenvalue weighted by atomic mass is 35.5. The minimum Gasteiger partial charge on any atom is -0.378 e. The Morgan fingerprint density at radius 3 is 2.95 bits per heavy atom. The lowest BCUT2D eigenvalue weighted by Gasteiger charge is -2.04. The van der Waals surface area contributed by atoms with E-state index in [2.05, 4.69) is 34.3 Å². The predicted octanol–water partition coefficient (Wildman–Crippen LogP) is 4.14. The van der Waals surface area contributed by atoms with Crippen LogP contribution in [0.25, 0.3) is 11.0 Å². The molecule has 3 nitrogen and oxygen atoms in total. The van der Waals surface area contributed by atoms with Gasteiger partial charge in [-0.2, -0.15) is 0 Å². The first kappa shape index (κ1) is 12.1. The Kier molecular flexibility index (Phi) is 3.13. The minimum atomic E-state index is 0.647. The molecule has 0 fully saturated rings. The Balaban J connectivity index is 1.78. The normalized spacial score (nSPS) is 10.8. The number of aromatic nitrogens is 2. The monoisotopic (exact) mass is 271 g/mol. The molecule has 0 spiro atoms. The van der Waals surface area contributed by atoms with Crippen molar-refractivity contribution in [2.45, 2.75) is 13.5 Å². The van der Waals surface area contributed by atoms with E-state index >= 15 is 0 Å². The molecule has 0 saturated heterocycles. The third-order valence-electron chi connectivity index (χ3n) is 2.97. The molecule has 3 aromatic rings. The highest BCUT2D eigenvalue weighted by Crippen LogP contribution is 2.17. The number of aryl methyl sites for hydroxylation is 1. The largest absolute Gasteiger partial charge is 0.378 e. The van der Waals surface area contributed by atoms with E-state index in [0.717, 1.165) is 27.6 Å². The summed E-state index contributed by atoms with van der Waals surface area (Å²) < 4.78 is 0. The van der Waals surface area contributed by atoms with Crippen LogP contribution in [0.1, 0.15) is 11.4 Å². The molecule has 0 aliphatic heterocycles. The molecular weight excluding hydrogens is 258 g/mol. The molecule has 0 unspecified atom stereocenters. The summed E-state index contributed by atoms with van der Waals surface area (Å²) in [6.07, 6.45) is 0. The Morgan fingerprint density at radius 1 is 1.21 bits per heavy atom. The van der Waals surface area contributed by atoms with Crippen LogP contribution in [0.4, 0.5) is 5.69 Å². The van der Waals surface area contributed by atoms with Crippen LogP contribution in [0.3, 0.4) is 0 Å². The maximum absolute atomic E-state index is 5.94. The minimum absolute atomic E-state index is 0.647. The molecule has 19 heavy (non-hydrogen) atoms. The van der Waals surface area contributed by atoms with Gasteiger partial charge in [-0.15, -0.1) is 0 Å². The van der Waals surface area contributed by atoms with Crippen molar-refractivity contribution in [3.8, 4) is 0 Å². The zero-order valence-corrected chi connectivity index (χ0v) is 11.3. The number of fused-ring (bicyclic) bond motifs is 1. The first-order valence-corrected chi connectivity index (χ1v) is 6.53. The Morgan fingerprint density at radius 2 is 2.11 bits per heavy atom. The summed E-state index contributed by atoms with van der Waals surface area (Å²) in [5, 5.41) is 4.03. The SMILES string of the molecule is Cc1ccc2nc(CNc3cccc(Cl)c3)[nH]c2c1. The summed E-state index contributed by atoms with van der Waals surface area (Å²) in [4.78, 5) is 7.85. The van der Waals surface area contributed by atoms with Gasteiger partial charge in [-0.3, -0.25) is 0 Å². The first-order valence-electron chi connectivity index (χ1n) is 6.15. The second-order valence-corrected chi connectivity index (χ2v) is 5.00. The number of hydrogen-bond acceptors (Lipinski definition) is 2. The lowest BCUT2D eigenvalue weighted by atomic mass is 10.2. The number of benzene rings is 2. The van der Waals surface area contributed by atoms with E-state index < -0.39 is 0 Å². The van der Waals surface area contributed by atoms with Gasteiger partial charge < -0.3 is 10.3 Å². The average Bonchev–Trinajstić information content (AvgIpc) is 2.78. The number of nitrogens with zero attached hydrogens (tertiary/aromatic N) is 1. The van der Waals surface area contributed by atoms with Gasteiger partial charge in [-0.25, -0.2) is 4.98 Å². The molecule has 2 aromatic carbocycles. The summed E-state index contributed by atoms with van der Waals surface area (Å²) in [5.74, 6) is 0.917. The number of nitrogens with one attached hydrogen (secondary N) is 2. The van der Waals surface area contributed by atoms with Crippen molar-refractivity contribution in [2.75, 3.05) is 5.32 Å². The molecule has 0 radical (unpaired) electrons. The molecule has 0 atom stereocenters. The second kappa shape index (κ2) is 4.94.